The van der Waals surface area contributed by atoms with Crippen LogP contribution >= 0.6 is 0 Å². The molecule has 1 aliphatic carbocycles. The van der Waals surface area contributed by atoms with Crippen LogP contribution in [0.15, 0.2) is 157 Å². The van der Waals surface area contributed by atoms with Gasteiger partial charge in [-0.2, -0.15) is 9.97 Å². The van der Waals surface area contributed by atoms with E-state index in [1.807, 2.05) is 54.6 Å². The molecule has 0 unspecified atom stereocenters. The maximum Gasteiger partial charge on any atom is 0.238 e. The van der Waals surface area contributed by atoms with Gasteiger partial charge in [0.1, 0.15) is 0 Å². The van der Waals surface area contributed by atoms with Crippen molar-refractivity contribution >= 4 is 32.6 Å². The van der Waals surface area contributed by atoms with Crippen LogP contribution in [0.5, 0.6) is 0 Å². The molecule has 0 fully saturated rings. The SMILES string of the molecule is [2H]c1c([2H])c([2H])c2c(c1[2H])-c1c([2H])c([2H])c3c4c([2H])c([2H])c([2H])c([2H])c4n(-c4nc(-c5ccccc5)nc(-c5ccc(-c6cccc7ccccc67)cc5)n4)c3c1C2(C([2H])([2H])[2H])C([2H])([2H])[2H]. The Morgan fingerprint density at radius 3 is 2.08 bits per heavy atom. The normalized spacial score (nSPS) is 18.2. The smallest absolute Gasteiger partial charge is 0.238 e. The molecule has 4 nitrogen and oxygen atoms in total. The fraction of sp³-hybridized carbons (Fsp3) is 0.0652. The quantitative estimate of drug-likeness (QED) is 0.189. The average Bonchev–Trinajstić information content (AvgIpc) is 3.84. The molecule has 0 atom stereocenters. The van der Waals surface area contributed by atoms with E-state index < -0.39 is 113 Å². The molecule has 0 saturated carbocycles. The van der Waals surface area contributed by atoms with Crippen molar-refractivity contribution in [1.29, 1.82) is 0 Å². The van der Waals surface area contributed by atoms with Gasteiger partial charge in [-0.3, -0.25) is 4.57 Å². The molecule has 0 bridgehead atoms. The maximum atomic E-state index is 9.52. The van der Waals surface area contributed by atoms with Gasteiger partial charge in [0.05, 0.1) is 24.7 Å². The third kappa shape index (κ3) is 4.21. The topological polar surface area (TPSA) is 43.6 Å². The summed E-state index contributed by atoms with van der Waals surface area (Å²) in [6.07, 6.45) is 0. The van der Waals surface area contributed by atoms with E-state index in [4.69, 9.17) is 31.4 Å². The lowest BCUT2D eigenvalue weighted by Gasteiger charge is -2.23. The monoisotopic (exact) mass is 656 g/mol. The zero-order chi connectivity index (χ0) is 47.1. The Bertz CT molecular complexity index is 3540. The molecule has 9 aromatic rings. The standard InChI is InChI=1S/C46H32N4/c1-46(2)39-21-10-8-18-35(39)37-27-28-38-36-19-9-11-22-40(36)50(42(38)41(37)46)45-48-43(31-14-4-3-5-15-31)47-44(49-45)32-25-23-30(24-26-32)34-20-12-16-29-13-6-7-17-33(29)34/h3-28H,1-2H3/i1D3,2D3,8D,9D,10D,11D,18D,19D,21D,22D,27D,28D. The molecule has 0 amide bonds. The fourth-order valence-corrected chi connectivity index (χ4v) is 6.91. The van der Waals surface area contributed by atoms with Crippen molar-refractivity contribution in [2.75, 3.05) is 0 Å². The lowest BCUT2D eigenvalue weighted by molar-refractivity contribution is 0.663. The third-order valence-electron chi connectivity index (χ3n) is 9.19. The van der Waals surface area contributed by atoms with Gasteiger partial charge in [0.2, 0.25) is 5.95 Å². The molecule has 7 aromatic carbocycles. The zero-order valence-electron chi connectivity index (χ0n) is 42.0. The average molecular weight is 657 g/mol. The van der Waals surface area contributed by atoms with Crippen molar-refractivity contribution in [2.24, 2.45) is 0 Å². The van der Waals surface area contributed by atoms with Gasteiger partial charge in [0.15, 0.2) is 11.6 Å². The highest BCUT2D eigenvalue weighted by Gasteiger charge is 2.38. The first-order chi connectivity index (χ1) is 31.2. The first-order valence-electron chi connectivity index (χ1n) is 23.8. The molecule has 0 aliphatic heterocycles. The van der Waals surface area contributed by atoms with Gasteiger partial charge in [-0.15, -0.1) is 0 Å². The summed E-state index contributed by atoms with van der Waals surface area (Å²) in [5.74, 6) is -0.299. The molecule has 0 saturated heterocycles. The Morgan fingerprint density at radius 1 is 0.540 bits per heavy atom. The molecule has 10 rings (SSSR count). The van der Waals surface area contributed by atoms with Crippen LogP contribution in [0.1, 0.15) is 46.8 Å². The van der Waals surface area contributed by atoms with E-state index in [-0.39, 0.29) is 28.5 Å². The first-order valence-corrected chi connectivity index (χ1v) is 15.8. The van der Waals surface area contributed by atoms with Crippen LogP contribution < -0.4 is 0 Å². The van der Waals surface area contributed by atoms with Crippen molar-refractivity contribution in [1.82, 2.24) is 19.5 Å². The van der Waals surface area contributed by atoms with E-state index in [0.717, 1.165) is 26.5 Å². The Labute approximate surface area is 312 Å². The first kappa shape index (κ1) is 16.8. The van der Waals surface area contributed by atoms with Crippen LogP contribution in [0, 0.1) is 0 Å². The molecule has 1 aliphatic rings. The highest BCUT2D eigenvalue weighted by atomic mass is 15.2. The summed E-state index contributed by atoms with van der Waals surface area (Å²) in [6.45, 7) is -7.36. The minimum atomic E-state index is -3.68. The number of fused-ring (bicyclic) bond motifs is 8. The van der Waals surface area contributed by atoms with Crippen molar-refractivity contribution in [2.45, 2.75) is 19.1 Å². The molecular weight excluding hydrogens is 609 g/mol. The van der Waals surface area contributed by atoms with Gasteiger partial charge in [-0.1, -0.05) is 165 Å². The Balaban J connectivity index is 1.40. The molecule has 2 heterocycles. The molecule has 236 valence electrons. The number of hydrogen-bond acceptors (Lipinski definition) is 3. The Hall–Kier alpha value is -6.39. The molecular formula is C46H32N4. The van der Waals surface area contributed by atoms with Crippen LogP contribution in [0.25, 0.3) is 83.6 Å². The highest BCUT2D eigenvalue weighted by Crippen LogP contribution is 2.52. The largest absolute Gasteiger partial charge is 0.277 e. The van der Waals surface area contributed by atoms with E-state index in [0.29, 0.717) is 11.1 Å². The second kappa shape index (κ2) is 10.8. The number of nitrogens with zero attached hydrogens (tertiary/aromatic N) is 4. The highest BCUT2D eigenvalue weighted by molar-refractivity contribution is 6.13. The van der Waals surface area contributed by atoms with Crippen LogP contribution in [0.4, 0.5) is 0 Å². The predicted octanol–water partition coefficient (Wildman–Crippen LogP) is 11.4. The van der Waals surface area contributed by atoms with E-state index >= 15 is 0 Å². The summed E-state index contributed by atoms with van der Waals surface area (Å²) in [5, 5.41) is 1.25. The second-order valence-corrected chi connectivity index (χ2v) is 12.0. The van der Waals surface area contributed by atoms with E-state index in [2.05, 4.69) is 0 Å². The molecule has 0 radical (unpaired) electrons. The number of hydrogen-bond donors (Lipinski definition) is 0. The van der Waals surface area contributed by atoms with Crippen LogP contribution in [0.2, 0.25) is 0 Å². The van der Waals surface area contributed by atoms with Gasteiger partial charge >= 0.3 is 0 Å². The van der Waals surface area contributed by atoms with E-state index in [1.165, 1.54) is 0 Å². The summed E-state index contributed by atoms with van der Waals surface area (Å²) in [7, 11) is 0. The Morgan fingerprint density at radius 2 is 1.24 bits per heavy atom. The number of aromatic nitrogens is 4. The summed E-state index contributed by atoms with van der Waals surface area (Å²) in [4.78, 5) is 14.5. The predicted molar refractivity (Wildman–Crippen MR) is 206 cm³/mol. The minimum Gasteiger partial charge on any atom is -0.277 e. The summed E-state index contributed by atoms with van der Waals surface area (Å²) in [6, 6.07) is 21.9. The summed E-state index contributed by atoms with van der Waals surface area (Å²) < 4.78 is 146. The van der Waals surface area contributed by atoms with Gasteiger partial charge in [0, 0.05) is 35.5 Å². The zero-order valence-corrected chi connectivity index (χ0v) is 26.0. The molecule has 0 spiro atoms. The fourth-order valence-electron chi connectivity index (χ4n) is 6.91. The van der Waals surface area contributed by atoms with Gasteiger partial charge in [0.25, 0.3) is 0 Å². The van der Waals surface area contributed by atoms with Crippen LogP contribution in [0.3, 0.4) is 0 Å². The van der Waals surface area contributed by atoms with Crippen molar-refractivity contribution in [3.05, 3.63) is 169 Å². The van der Waals surface area contributed by atoms with Crippen LogP contribution in [-0.2, 0) is 5.41 Å². The molecule has 2 aromatic heterocycles. The second-order valence-electron chi connectivity index (χ2n) is 12.0. The summed E-state index contributed by atoms with van der Waals surface area (Å²) >= 11 is 0. The Kier molecular flexibility index (Phi) is 3.64. The third-order valence-corrected chi connectivity index (χ3v) is 9.19. The number of rotatable bonds is 4. The lowest BCUT2D eigenvalue weighted by Crippen LogP contribution is -2.17. The molecule has 50 heavy (non-hydrogen) atoms. The van der Waals surface area contributed by atoms with Crippen molar-refractivity contribution in [3.8, 4) is 51.0 Å². The summed E-state index contributed by atoms with van der Waals surface area (Å²) in [5.41, 5.74) is -4.23. The van der Waals surface area contributed by atoms with E-state index in [9.17, 15) is 5.48 Å². The minimum absolute atomic E-state index is 0.0415. The molecule has 0 N–H and O–H groups in total. The van der Waals surface area contributed by atoms with Gasteiger partial charge < -0.3 is 0 Å². The van der Waals surface area contributed by atoms with Crippen molar-refractivity contribution in [3.63, 3.8) is 0 Å². The van der Waals surface area contributed by atoms with Crippen molar-refractivity contribution < 1.29 is 21.9 Å². The maximum absolute atomic E-state index is 9.52. The number of para-hydroxylation sites is 1. The molecule has 4 heteroatoms. The van der Waals surface area contributed by atoms with Gasteiger partial charge in [-0.25, -0.2) is 4.98 Å². The van der Waals surface area contributed by atoms with E-state index in [1.54, 1.807) is 42.5 Å². The lowest BCUT2D eigenvalue weighted by atomic mass is 9.81. The van der Waals surface area contributed by atoms with Crippen LogP contribution in [-0.4, -0.2) is 19.5 Å². The van der Waals surface area contributed by atoms with Gasteiger partial charge in [-0.05, 0) is 50.2 Å². The number of benzene rings is 7.